The van der Waals surface area contributed by atoms with Gasteiger partial charge in [0, 0.05) is 31.6 Å². The average molecular weight is 475 g/mol. The number of methoxy groups -OCH3 is 1. The number of esters is 1. The summed E-state index contributed by atoms with van der Waals surface area (Å²) in [6.45, 7) is 0. The number of hydrogen-bond donors (Lipinski definition) is 3. The zero-order valence-electron chi connectivity index (χ0n) is 19.8. The zero-order valence-corrected chi connectivity index (χ0v) is 20.6. The standard InChI is InChI=1S/C23H34N6O3S/c1-29(2)20-17-7-5-6-8-18(17)26-22(28-20)24-15-9-11-16(12-10-15)25-23(31)27-19(13-14-33-4)21(30)32-3/h5-8,15-16,19H,9-14H2,1-4H3,(H,24,26,28)(H2,25,27,31). The van der Waals surface area contributed by atoms with Crippen LogP contribution in [0.2, 0.25) is 0 Å². The van der Waals surface area contributed by atoms with Crippen molar-refractivity contribution in [1.29, 1.82) is 0 Å². The topological polar surface area (TPSA) is 108 Å². The normalized spacial score (nSPS) is 18.9. The molecule has 1 heterocycles. The van der Waals surface area contributed by atoms with E-state index in [1.807, 2.05) is 49.5 Å². The molecule has 33 heavy (non-hydrogen) atoms. The number of nitrogens with zero attached hydrogens (tertiary/aromatic N) is 3. The minimum absolute atomic E-state index is 0.0664. The van der Waals surface area contributed by atoms with Gasteiger partial charge in [0.15, 0.2) is 0 Å². The molecule has 0 spiro atoms. The Hall–Kier alpha value is -2.75. The third-order valence-corrected chi connectivity index (χ3v) is 6.45. The highest BCUT2D eigenvalue weighted by molar-refractivity contribution is 7.98. The van der Waals surface area contributed by atoms with Crippen molar-refractivity contribution in [3.8, 4) is 0 Å². The Bertz CT molecular complexity index is 949. The summed E-state index contributed by atoms with van der Waals surface area (Å²) in [6.07, 6.45) is 5.97. The Morgan fingerprint density at radius 1 is 1.15 bits per heavy atom. The van der Waals surface area contributed by atoms with Gasteiger partial charge in [0.05, 0.1) is 12.6 Å². The minimum atomic E-state index is -0.628. The molecule has 0 saturated heterocycles. The van der Waals surface area contributed by atoms with Crippen LogP contribution in [0.5, 0.6) is 0 Å². The fourth-order valence-electron chi connectivity index (χ4n) is 4.04. The highest BCUT2D eigenvalue weighted by atomic mass is 32.2. The van der Waals surface area contributed by atoms with E-state index in [1.165, 1.54) is 7.11 Å². The molecule has 1 aromatic carbocycles. The number of ether oxygens (including phenoxy) is 1. The first-order valence-electron chi connectivity index (χ1n) is 11.3. The van der Waals surface area contributed by atoms with E-state index < -0.39 is 12.0 Å². The number of amides is 2. The van der Waals surface area contributed by atoms with Crippen molar-refractivity contribution < 1.29 is 14.3 Å². The number of aromatic nitrogens is 2. The maximum atomic E-state index is 12.4. The van der Waals surface area contributed by atoms with Crippen molar-refractivity contribution in [2.75, 3.05) is 43.4 Å². The first-order valence-corrected chi connectivity index (χ1v) is 12.6. The molecule has 3 N–H and O–H groups in total. The smallest absolute Gasteiger partial charge is 0.328 e. The number of anilines is 2. The van der Waals surface area contributed by atoms with Gasteiger partial charge in [-0.15, -0.1) is 0 Å². The van der Waals surface area contributed by atoms with Crippen molar-refractivity contribution in [2.24, 2.45) is 0 Å². The predicted octanol–water partition coefficient (Wildman–Crippen LogP) is 3.01. The summed E-state index contributed by atoms with van der Waals surface area (Å²) in [5, 5.41) is 10.3. The van der Waals surface area contributed by atoms with Crippen LogP contribution in [-0.2, 0) is 9.53 Å². The van der Waals surface area contributed by atoms with Gasteiger partial charge in [-0.2, -0.15) is 16.7 Å². The predicted molar refractivity (Wildman–Crippen MR) is 134 cm³/mol. The SMILES string of the molecule is COC(=O)C(CCSC)NC(=O)NC1CCC(Nc2nc(N(C)C)c3ccccc3n2)CC1. The van der Waals surface area contributed by atoms with Crippen molar-refractivity contribution in [1.82, 2.24) is 20.6 Å². The molecule has 0 radical (unpaired) electrons. The molecule has 9 nitrogen and oxygen atoms in total. The fourth-order valence-corrected chi connectivity index (χ4v) is 4.51. The number of fused-ring (bicyclic) bond motifs is 1. The van der Waals surface area contributed by atoms with Crippen LogP contribution in [0.1, 0.15) is 32.1 Å². The van der Waals surface area contributed by atoms with Gasteiger partial charge in [-0.3, -0.25) is 0 Å². The fraction of sp³-hybridized carbons (Fsp3) is 0.565. The zero-order chi connectivity index (χ0) is 23.8. The van der Waals surface area contributed by atoms with Crippen LogP contribution in [0, 0.1) is 0 Å². The third kappa shape index (κ3) is 6.86. The molecule has 1 aliphatic rings. The van der Waals surface area contributed by atoms with E-state index in [1.54, 1.807) is 11.8 Å². The summed E-state index contributed by atoms with van der Waals surface area (Å²) in [6, 6.07) is 7.35. The highest BCUT2D eigenvalue weighted by Crippen LogP contribution is 2.26. The average Bonchev–Trinajstić information content (AvgIpc) is 2.81. The van der Waals surface area contributed by atoms with Crippen LogP contribution >= 0.6 is 11.8 Å². The summed E-state index contributed by atoms with van der Waals surface area (Å²) in [7, 11) is 5.29. The molecule has 1 aliphatic carbocycles. The van der Waals surface area contributed by atoms with Gasteiger partial charge in [0.1, 0.15) is 11.9 Å². The van der Waals surface area contributed by atoms with Gasteiger partial charge in [-0.1, -0.05) is 12.1 Å². The lowest BCUT2D eigenvalue weighted by Crippen LogP contribution is -2.50. The van der Waals surface area contributed by atoms with Gasteiger partial charge in [-0.25, -0.2) is 14.6 Å². The van der Waals surface area contributed by atoms with Crippen molar-refractivity contribution in [3.63, 3.8) is 0 Å². The van der Waals surface area contributed by atoms with E-state index >= 15 is 0 Å². The van der Waals surface area contributed by atoms with E-state index in [2.05, 4.69) is 20.9 Å². The Kier molecular flexibility index (Phi) is 8.99. The largest absolute Gasteiger partial charge is 0.467 e. The third-order valence-electron chi connectivity index (χ3n) is 5.80. The van der Waals surface area contributed by atoms with Crippen LogP contribution in [-0.4, -0.2) is 73.3 Å². The van der Waals surface area contributed by atoms with Gasteiger partial charge in [0.2, 0.25) is 5.95 Å². The quantitative estimate of drug-likeness (QED) is 0.476. The molecule has 1 aromatic heterocycles. The van der Waals surface area contributed by atoms with E-state index in [0.29, 0.717) is 12.4 Å². The molecule has 1 saturated carbocycles. The van der Waals surface area contributed by atoms with E-state index in [-0.39, 0.29) is 18.1 Å². The van der Waals surface area contributed by atoms with E-state index in [9.17, 15) is 9.59 Å². The first-order chi connectivity index (χ1) is 15.9. The molecular formula is C23H34N6O3S. The van der Waals surface area contributed by atoms with Crippen LogP contribution in [0.15, 0.2) is 24.3 Å². The highest BCUT2D eigenvalue weighted by Gasteiger charge is 2.26. The van der Waals surface area contributed by atoms with Gasteiger partial charge in [-0.05, 0) is 56.2 Å². The maximum absolute atomic E-state index is 12.4. The van der Waals surface area contributed by atoms with Crippen molar-refractivity contribution >= 4 is 46.4 Å². The lowest BCUT2D eigenvalue weighted by atomic mass is 9.91. The molecule has 180 valence electrons. The molecule has 0 bridgehead atoms. The lowest BCUT2D eigenvalue weighted by Gasteiger charge is -2.30. The lowest BCUT2D eigenvalue weighted by molar-refractivity contribution is -0.142. The van der Waals surface area contributed by atoms with Gasteiger partial charge in [0.25, 0.3) is 0 Å². The molecule has 10 heteroatoms. The number of nitrogens with one attached hydrogen (secondary N) is 3. The second-order valence-corrected chi connectivity index (χ2v) is 9.44. The van der Waals surface area contributed by atoms with Crippen LogP contribution in [0.4, 0.5) is 16.6 Å². The maximum Gasteiger partial charge on any atom is 0.328 e. The monoisotopic (exact) mass is 474 g/mol. The minimum Gasteiger partial charge on any atom is -0.467 e. The van der Waals surface area contributed by atoms with Crippen LogP contribution < -0.4 is 20.9 Å². The van der Waals surface area contributed by atoms with Crippen LogP contribution in [0.25, 0.3) is 10.9 Å². The number of rotatable bonds is 9. The Morgan fingerprint density at radius 3 is 2.52 bits per heavy atom. The summed E-state index contributed by atoms with van der Waals surface area (Å²) in [5.74, 6) is 1.86. The Balaban J connectivity index is 1.53. The summed E-state index contributed by atoms with van der Waals surface area (Å²) < 4.78 is 4.81. The van der Waals surface area contributed by atoms with E-state index in [4.69, 9.17) is 9.72 Å². The molecule has 3 rings (SSSR count). The Morgan fingerprint density at radius 2 is 1.85 bits per heavy atom. The van der Waals surface area contributed by atoms with Crippen LogP contribution in [0.3, 0.4) is 0 Å². The number of benzene rings is 1. The number of carbonyl (C=O) groups excluding carboxylic acids is 2. The van der Waals surface area contributed by atoms with Gasteiger partial charge < -0.3 is 25.6 Å². The number of hydrogen-bond acceptors (Lipinski definition) is 8. The number of thioether (sulfide) groups is 1. The number of para-hydroxylation sites is 1. The number of carbonyl (C=O) groups is 2. The number of urea groups is 1. The molecular weight excluding hydrogens is 440 g/mol. The summed E-state index contributed by atoms with van der Waals surface area (Å²) in [5.41, 5.74) is 0.910. The summed E-state index contributed by atoms with van der Waals surface area (Å²) >= 11 is 1.62. The molecule has 2 amide bonds. The van der Waals surface area contributed by atoms with E-state index in [0.717, 1.165) is 48.2 Å². The first kappa shape index (κ1) is 24.9. The summed E-state index contributed by atoms with van der Waals surface area (Å²) in [4.78, 5) is 35.7. The molecule has 0 aliphatic heterocycles. The second kappa shape index (κ2) is 11.9. The Labute approximate surface area is 199 Å². The van der Waals surface area contributed by atoms with Crippen molar-refractivity contribution in [3.05, 3.63) is 24.3 Å². The van der Waals surface area contributed by atoms with Crippen molar-refractivity contribution in [2.45, 2.75) is 50.2 Å². The molecule has 2 aromatic rings. The molecule has 1 unspecified atom stereocenters. The van der Waals surface area contributed by atoms with Gasteiger partial charge >= 0.3 is 12.0 Å². The molecule has 1 atom stereocenters. The molecule has 1 fully saturated rings. The second-order valence-electron chi connectivity index (χ2n) is 8.45.